The van der Waals surface area contributed by atoms with Gasteiger partial charge in [-0.05, 0) is 0 Å². The molecule has 1 atom stereocenters. The van der Waals surface area contributed by atoms with Gasteiger partial charge >= 0.3 is 0 Å². The van der Waals surface area contributed by atoms with Crippen LogP contribution in [0.4, 0.5) is 0 Å². The summed E-state index contributed by atoms with van der Waals surface area (Å²) in [5.41, 5.74) is 0. The van der Waals surface area contributed by atoms with Crippen LogP contribution in [0.25, 0.3) is 0 Å². The van der Waals surface area contributed by atoms with Crippen LogP contribution in [0.15, 0.2) is 0 Å². The van der Waals surface area contributed by atoms with E-state index in [0.717, 1.165) is 0 Å². The number of hydrogen-bond acceptors (Lipinski definition) is 0. The minimum Gasteiger partial charge on any atom is -0.153 e. The Hall–Kier alpha value is 8.81. The normalized spacial score (nSPS) is 0. The Morgan fingerprint density at radius 1 is 1.00 bits per heavy atom. The quantitative estimate of drug-likeness (QED) is 0.184. The Kier molecular flexibility index (Phi) is 791. The number of halogens is 2. The van der Waals surface area contributed by atoms with Gasteiger partial charge in [0.15, 0.2) is 0 Å². The Morgan fingerprint density at radius 3 is 1.00 bits per heavy atom. The first-order valence-corrected chi connectivity index (χ1v) is 0. The molecule has 0 bridgehead atoms. The molecule has 0 nitrogen and oxygen atoms in total. The van der Waals surface area contributed by atoms with E-state index in [0.29, 0.717) is 0 Å². The standard InChI is InChI=1S/Ca.ClH.Cu.Fe.HI.K.Mg.Mn.Na.H3P.Se.Zn/h;1H;;;1H;;;;;1H3;;. The zero-order chi connectivity index (χ0) is 0. The molecule has 10 radical (unpaired) electrons. The van der Waals surface area contributed by atoms with Gasteiger partial charge in [-0.3, -0.25) is 0 Å². The summed E-state index contributed by atoms with van der Waals surface area (Å²) >= 11 is 0. The van der Waals surface area contributed by atoms with Crippen LogP contribution < -0.4 is 0 Å². The molecule has 0 amide bonds. The van der Waals surface area contributed by atoms with Crippen LogP contribution in [0.2, 0.25) is 0 Å². The third kappa shape index (κ3) is 76.9. The topological polar surface area (TPSA) is 0 Å². The van der Waals surface area contributed by atoms with Crippen molar-refractivity contribution in [2.24, 2.45) is 0 Å². The van der Waals surface area contributed by atoms with E-state index in [2.05, 4.69) is 0 Å². The molecule has 0 aromatic rings. The Labute approximate surface area is 267 Å². The van der Waals surface area contributed by atoms with Gasteiger partial charge in [0.1, 0.15) is 0 Å². The second kappa shape index (κ2) is 90.3. The monoisotopic (exact) mass is 641 g/mol. The summed E-state index contributed by atoms with van der Waals surface area (Å²) in [6.07, 6.45) is 0. The Balaban J connectivity index is 0. The predicted molar refractivity (Wildman–Crippen MR) is 62.5 cm³/mol. The second-order valence-corrected chi connectivity index (χ2v) is 0. The summed E-state index contributed by atoms with van der Waals surface area (Å²) in [4.78, 5) is 0. The van der Waals surface area contributed by atoms with Crippen molar-refractivity contribution in [3.8, 4) is 0 Å². The molecule has 0 fully saturated rings. The van der Waals surface area contributed by atoms with Crippen LogP contribution in [0, 0.1) is 0 Å². The van der Waals surface area contributed by atoms with Crippen molar-refractivity contribution in [2.75, 3.05) is 0 Å². The molecule has 0 rings (SSSR count). The van der Waals surface area contributed by atoms with Crippen molar-refractivity contribution in [3.05, 3.63) is 0 Å². The Morgan fingerprint density at radius 2 is 1.00 bits per heavy atom. The van der Waals surface area contributed by atoms with Crippen LogP contribution in [0.5, 0.6) is 0 Å². The van der Waals surface area contributed by atoms with E-state index in [1.807, 2.05) is 0 Å². The summed E-state index contributed by atoms with van der Waals surface area (Å²) in [5, 5.41) is 0. The minimum atomic E-state index is 0. The van der Waals surface area contributed by atoms with Crippen LogP contribution in [0.3, 0.4) is 0 Å². The summed E-state index contributed by atoms with van der Waals surface area (Å²) in [6.45, 7) is 0. The van der Waals surface area contributed by atoms with Crippen LogP contribution in [0.1, 0.15) is 0 Å². The third-order valence-corrected chi connectivity index (χ3v) is 0. The summed E-state index contributed by atoms with van der Waals surface area (Å²) in [6, 6.07) is 0. The fourth-order valence-corrected chi connectivity index (χ4v) is 0. The average Bonchev–Trinajstić information content (AvgIpc) is 0. The average molecular weight is 644 g/mol. The van der Waals surface area contributed by atoms with Gasteiger partial charge in [0.25, 0.3) is 0 Å². The largest absolute Gasteiger partial charge is 0.153 e. The molecule has 0 spiro atoms. The molecule has 0 aliphatic heterocycles. The minimum absolute atomic E-state index is 0. The third-order valence-electron chi connectivity index (χ3n) is 0. The fourth-order valence-electron chi connectivity index (χ4n) is 0. The van der Waals surface area contributed by atoms with E-state index in [1.54, 1.807) is 0 Å². The van der Waals surface area contributed by atoms with Crippen molar-refractivity contribution < 1.29 is 70.7 Å². The molecule has 1 unspecified atom stereocenters. The Bertz CT molecular complexity index is 43.0. The van der Waals surface area contributed by atoms with Gasteiger partial charge in [0, 0.05) is 229 Å². The van der Waals surface area contributed by atoms with Crippen LogP contribution in [-0.2, 0) is 70.7 Å². The van der Waals surface area contributed by atoms with Crippen molar-refractivity contribution in [2.45, 2.75) is 0 Å². The van der Waals surface area contributed by atoms with E-state index >= 15 is 0 Å². The molecule has 0 saturated heterocycles. The van der Waals surface area contributed by atoms with Gasteiger partial charge in [0.2, 0.25) is 0 Å². The molecule has 12 heavy (non-hydrogen) atoms. The summed E-state index contributed by atoms with van der Waals surface area (Å²) in [5.74, 6) is 0. The molecule has 0 aromatic heterocycles. The van der Waals surface area contributed by atoms with Gasteiger partial charge in [-0.15, -0.1) is 36.4 Å². The molecular weight excluding hydrogens is 638 g/mol. The smallest absolute Gasteiger partial charge is 0 e. The molecular formula is H5CaClCuFeIKMgMnNaPSeZn. The number of hydrogen-bond donors (Lipinski definition) is 0. The van der Waals surface area contributed by atoms with Crippen LogP contribution in [-0.4, -0.2) is 159 Å². The van der Waals surface area contributed by atoms with Gasteiger partial charge in [0.05, 0.1) is 0 Å². The first-order chi connectivity index (χ1) is 0. The maximum Gasteiger partial charge on any atom is 0 e. The van der Waals surface area contributed by atoms with Crippen molar-refractivity contribution in [3.63, 3.8) is 0 Å². The van der Waals surface area contributed by atoms with Gasteiger partial charge < -0.3 is 0 Å². The molecule has 0 heterocycles. The molecule has 0 aliphatic carbocycles. The van der Waals surface area contributed by atoms with Gasteiger partial charge in [-0.1, -0.05) is 0 Å². The first kappa shape index (κ1) is 105. The van der Waals surface area contributed by atoms with E-state index in [-0.39, 0.29) is 276 Å². The SMILES string of the molecule is Cl.I.P.[Ca].[Cu].[Fe].[K].[Mg].[Mn].[Na].[Se].[Zn]. The molecule has 12 heteroatoms. The van der Waals surface area contributed by atoms with Crippen molar-refractivity contribution in [1.82, 2.24) is 0 Å². The zero-order valence-electron chi connectivity index (χ0n) is 7.09. The maximum absolute atomic E-state index is 0. The zero-order valence-corrected chi connectivity index (χ0v) is 28.3. The fraction of sp³-hybridized carbons (Fsp3) is 0. The summed E-state index contributed by atoms with van der Waals surface area (Å²) < 4.78 is 0. The van der Waals surface area contributed by atoms with Crippen molar-refractivity contribution in [1.29, 1.82) is 0 Å². The summed E-state index contributed by atoms with van der Waals surface area (Å²) in [7, 11) is 0. The molecule has 0 aliphatic rings. The molecule has 0 N–H and O–H groups in total. The van der Waals surface area contributed by atoms with E-state index in [4.69, 9.17) is 0 Å². The van der Waals surface area contributed by atoms with E-state index in [9.17, 15) is 0 Å². The number of rotatable bonds is 0. The maximum atomic E-state index is 0. The van der Waals surface area contributed by atoms with Crippen LogP contribution >= 0.6 is 46.3 Å². The molecule has 0 aromatic carbocycles. The molecule has 0 saturated carbocycles. The van der Waals surface area contributed by atoms with E-state index < -0.39 is 0 Å². The van der Waals surface area contributed by atoms with Crippen molar-refractivity contribution >= 4 is 205 Å². The second-order valence-electron chi connectivity index (χ2n) is 0. The predicted octanol–water partition coefficient (Wildman–Crippen LogP) is -0.816. The first-order valence-electron chi connectivity index (χ1n) is 0. The van der Waals surface area contributed by atoms with Gasteiger partial charge in [-0.25, -0.2) is 0 Å². The van der Waals surface area contributed by atoms with Gasteiger partial charge in [-0.2, -0.15) is 9.90 Å². The van der Waals surface area contributed by atoms with E-state index in [1.165, 1.54) is 0 Å². The molecule has 64 valence electrons.